The summed E-state index contributed by atoms with van der Waals surface area (Å²) in [5, 5.41) is 3.30. The van der Waals surface area contributed by atoms with E-state index >= 15 is 0 Å². The Bertz CT molecular complexity index is 468. The van der Waals surface area contributed by atoms with Gasteiger partial charge in [0.25, 0.3) is 5.91 Å². The molecule has 1 aliphatic rings. The first-order valence-electron chi connectivity index (χ1n) is 5.19. The van der Waals surface area contributed by atoms with Gasteiger partial charge in [0.2, 0.25) is 0 Å². The Kier molecular flexibility index (Phi) is 2.49. The summed E-state index contributed by atoms with van der Waals surface area (Å²) in [6.45, 7) is 5.84. The van der Waals surface area contributed by atoms with Gasteiger partial charge in [-0.25, -0.2) is 0 Å². The Labute approximate surface area is 104 Å². The monoisotopic (exact) mass is 282 g/mol. The average molecular weight is 283 g/mol. The number of hydrogen-bond acceptors (Lipinski definition) is 2. The number of benzene rings is 1. The zero-order valence-corrected chi connectivity index (χ0v) is 11.5. The molecule has 0 saturated heterocycles. The van der Waals surface area contributed by atoms with E-state index in [2.05, 4.69) is 21.2 Å². The maximum Gasteiger partial charge on any atom is 0.251 e. The highest BCUT2D eigenvalue weighted by Crippen LogP contribution is 2.38. The van der Waals surface area contributed by atoms with Gasteiger partial charge in [-0.3, -0.25) is 4.79 Å². The summed E-state index contributed by atoms with van der Waals surface area (Å²) in [7, 11) is 1.82. The van der Waals surface area contributed by atoms with Crippen molar-refractivity contribution in [2.75, 3.05) is 17.3 Å². The molecule has 1 aliphatic heterocycles. The van der Waals surface area contributed by atoms with Crippen molar-refractivity contribution >= 4 is 33.2 Å². The van der Waals surface area contributed by atoms with Crippen LogP contribution in [0.1, 0.15) is 19.4 Å². The van der Waals surface area contributed by atoms with Gasteiger partial charge in [0.15, 0.2) is 0 Å². The van der Waals surface area contributed by atoms with Crippen LogP contribution in [-0.4, -0.2) is 18.5 Å². The van der Waals surface area contributed by atoms with Gasteiger partial charge in [-0.1, -0.05) is 15.9 Å². The van der Waals surface area contributed by atoms with Crippen molar-refractivity contribution in [1.82, 2.24) is 0 Å². The van der Waals surface area contributed by atoms with Gasteiger partial charge in [-0.05, 0) is 38.5 Å². The standard InChI is InChI=1S/C12H15BrN2O/c1-7-5-8(13)6-9-10(7)14-12(2,3)11(16)15(9)4/h5-6,14H,1-4H3. The van der Waals surface area contributed by atoms with Crippen LogP contribution in [-0.2, 0) is 4.79 Å². The SMILES string of the molecule is Cc1cc(Br)cc2c1NC(C)(C)C(=O)N2C. The molecule has 0 atom stereocenters. The van der Waals surface area contributed by atoms with Gasteiger partial charge >= 0.3 is 0 Å². The number of nitrogens with zero attached hydrogens (tertiary/aromatic N) is 1. The van der Waals surface area contributed by atoms with Crippen molar-refractivity contribution < 1.29 is 4.79 Å². The number of aryl methyl sites for hydroxylation is 1. The van der Waals surface area contributed by atoms with Gasteiger partial charge in [0.05, 0.1) is 11.4 Å². The van der Waals surface area contributed by atoms with Crippen molar-refractivity contribution in [3.8, 4) is 0 Å². The first-order valence-corrected chi connectivity index (χ1v) is 5.99. The predicted octanol–water partition coefficient (Wildman–Crippen LogP) is 2.92. The zero-order valence-electron chi connectivity index (χ0n) is 9.89. The second-order valence-corrected chi connectivity index (χ2v) is 5.65. The van der Waals surface area contributed by atoms with Crippen molar-refractivity contribution in [2.45, 2.75) is 26.3 Å². The fourth-order valence-corrected chi connectivity index (χ4v) is 2.61. The van der Waals surface area contributed by atoms with Gasteiger partial charge in [-0.2, -0.15) is 0 Å². The van der Waals surface area contributed by atoms with E-state index in [0.29, 0.717) is 0 Å². The largest absolute Gasteiger partial charge is 0.370 e. The molecule has 16 heavy (non-hydrogen) atoms. The molecule has 1 N–H and O–H groups in total. The zero-order chi connectivity index (χ0) is 12.1. The second-order valence-electron chi connectivity index (χ2n) is 4.73. The van der Waals surface area contributed by atoms with E-state index in [4.69, 9.17) is 0 Å². The normalized spacial score (nSPS) is 18.1. The van der Waals surface area contributed by atoms with Crippen LogP contribution in [0.25, 0.3) is 0 Å². The Balaban J connectivity index is 2.64. The smallest absolute Gasteiger partial charge is 0.251 e. The number of likely N-dealkylation sites (N-methyl/N-ethyl adjacent to an activating group) is 1. The van der Waals surface area contributed by atoms with Gasteiger partial charge in [-0.15, -0.1) is 0 Å². The topological polar surface area (TPSA) is 32.3 Å². The third kappa shape index (κ3) is 1.61. The molecule has 0 spiro atoms. The molecule has 4 heteroatoms. The van der Waals surface area contributed by atoms with Crippen LogP contribution in [0.15, 0.2) is 16.6 Å². The Morgan fingerprint density at radius 1 is 1.38 bits per heavy atom. The summed E-state index contributed by atoms with van der Waals surface area (Å²) in [5.74, 6) is 0.0810. The number of rotatable bonds is 0. The quantitative estimate of drug-likeness (QED) is 0.794. The Hall–Kier alpha value is -1.03. The first kappa shape index (κ1) is 11.5. The minimum absolute atomic E-state index is 0.0810. The summed E-state index contributed by atoms with van der Waals surface area (Å²) in [4.78, 5) is 13.8. The van der Waals surface area contributed by atoms with Crippen molar-refractivity contribution in [3.05, 3.63) is 22.2 Å². The first-order chi connectivity index (χ1) is 7.33. The number of fused-ring (bicyclic) bond motifs is 1. The van der Waals surface area contributed by atoms with E-state index in [1.165, 1.54) is 0 Å². The molecule has 0 bridgehead atoms. The number of carbonyl (C=O) groups excluding carboxylic acids is 1. The lowest BCUT2D eigenvalue weighted by atomic mass is 9.97. The molecule has 1 heterocycles. The maximum absolute atomic E-state index is 12.1. The van der Waals surface area contributed by atoms with E-state index < -0.39 is 5.54 Å². The molecular formula is C12H15BrN2O. The Morgan fingerprint density at radius 2 is 2.00 bits per heavy atom. The van der Waals surface area contributed by atoms with E-state index in [1.807, 2.05) is 40.0 Å². The fourth-order valence-electron chi connectivity index (χ4n) is 2.05. The third-order valence-corrected chi connectivity index (χ3v) is 3.38. The number of nitrogens with one attached hydrogen (secondary N) is 1. The molecule has 0 aromatic heterocycles. The molecule has 1 aromatic carbocycles. The highest BCUT2D eigenvalue weighted by molar-refractivity contribution is 9.10. The number of anilines is 2. The van der Waals surface area contributed by atoms with Gasteiger partial charge < -0.3 is 10.2 Å². The molecule has 2 rings (SSSR count). The molecule has 3 nitrogen and oxygen atoms in total. The van der Waals surface area contributed by atoms with Crippen LogP contribution in [0.5, 0.6) is 0 Å². The summed E-state index contributed by atoms with van der Waals surface area (Å²) in [6.07, 6.45) is 0. The van der Waals surface area contributed by atoms with Crippen LogP contribution < -0.4 is 10.2 Å². The van der Waals surface area contributed by atoms with E-state index in [9.17, 15) is 4.79 Å². The average Bonchev–Trinajstić information content (AvgIpc) is 2.17. The minimum atomic E-state index is -0.541. The molecule has 0 aliphatic carbocycles. The van der Waals surface area contributed by atoms with Crippen LogP contribution >= 0.6 is 15.9 Å². The molecule has 0 unspecified atom stereocenters. The van der Waals surface area contributed by atoms with E-state index in [-0.39, 0.29) is 5.91 Å². The van der Waals surface area contributed by atoms with Crippen LogP contribution in [0.3, 0.4) is 0 Å². The molecule has 0 saturated carbocycles. The number of amides is 1. The third-order valence-electron chi connectivity index (χ3n) is 2.92. The van der Waals surface area contributed by atoms with Gasteiger partial charge in [0.1, 0.15) is 5.54 Å². The summed E-state index contributed by atoms with van der Waals surface area (Å²) in [6, 6.07) is 4.01. The lowest BCUT2D eigenvalue weighted by Gasteiger charge is -2.39. The number of hydrogen-bond donors (Lipinski definition) is 1. The van der Waals surface area contributed by atoms with Crippen molar-refractivity contribution in [1.29, 1.82) is 0 Å². The van der Waals surface area contributed by atoms with E-state index in [1.54, 1.807) is 4.90 Å². The molecule has 1 amide bonds. The fraction of sp³-hybridized carbons (Fsp3) is 0.417. The lowest BCUT2D eigenvalue weighted by molar-refractivity contribution is -0.121. The van der Waals surface area contributed by atoms with Crippen LogP contribution in [0, 0.1) is 6.92 Å². The summed E-state index contributed by atoms with van der Waals surface area (Å²) >= 11 is 3.45. The van der Waals surface area contributed by atoms with Crippen LogP contribution in [0.2, 0.25) is 0 Å². The predicted molar refractivity (Wildman–Crippen MR) is 70.0 cm³/mol. The lowest BCUT2D eigenvalue weighted by Crippen LogP contribution is -2.52. The maximum atomic E-state index is 12.1. The minimum Gasteiger partial charge on any atom is -0.370 e. The molecule has 1 aromatic rings. The number of halogens is 1. The van der Waals surface area contributed by atoms with Crippen LogP contribution in [0.4, 0.5) is 11.4 Å². The van der Waals surface area contributed by atoms with Gasteiger partial charge in [0, 0.05) is 11.5 Å². The highest BCUT2D eigenvalue weighted by atomic mass is 79.9. The Morgan fingerprint density at radius 3 is 2.62 bits per heavy atom. The molecule has 0 radical (unpaired) electrons. The van der Waals surface area contributed by atoms with Crippen molar-refractivity contribution in [3.63, 3.8) is 0 Å². The van der Waals surface area contributed by atoms with E-state index in [0.717, 1.165) is 21.4 Å². The summed E-state index contributed by atoms with van der Waals surface area (Å²) in [5.41, 5.74) is 2.56. The summed E-state index contributed by atoms with van der Waals surface area (Å²) < 4.78 is 0.991. The second kappa shape index (κ2) is 3.48. The molecule has 0 fully saturated rings. The molecule has 86 valence electrons. The highest BCUT2D eigenvalue weighted by Gasteiger charge is 2.37. The molecular weight excluding hydrogens is 268 g/mol. The number of carbonyl (C=O) groups is 1. The van der Waals surface area contributed by atoms with Crippen molar-refractivity contribution in [2.24, 2.45) is 0 Å².